The minimum absolute atomic E-state index is 0.0284. The first-order valence-electron chi connectivity index (χ1n) is 14.9. The first-order valence-corrected chi connectivity index (χ1v) is 14.9. The lowest BCUT2D eigenvalue weighted by atomic mass is 9.83. The molecule has 1 aromatic rings. The van der Waals surface area contributed by atoms with Crippen LogP contribution in [0.2, 0.25) is 0 Å². The zero-order chi connectivity index (χ0) is 33.7. The summed E-state index contributed by atoms with van der Waals surface area (Å²) >= 11 is 0. The molecule has 46 heavy (non-hydrogen) atoms. The van der Waals surface area contributed by atoms with Crippen LogP contribution in [0.5, 0.6) is 0 Å². The van der Waals surface area contributed by atoms with E-state index in [2.05, 4.69) is 10.6 Å². The molecule has 3 aliphatic rings. The first-order chi connectivity index (χ1) is 21.8. The second-order valence-corrected chi connectivity index (χ2v) is 11.6. The van der Waals surface area contributed by atoms with Crippen molar-refractivity contribution in [2.45, 2.75) is 112 Å². The fraction of sp³-hybridized carbons (Fsp3) is 0.714. The number of amides is 2. The normalized spacial score (nSPS) is 41.4. The summed E-state index contributed by atoms with van der Waals surface area (Å²) in [6.45, 7) is 0.172. The fourth-order valence-electron chi connectivity index (χ4n) is 5.69. The van der Waals surface area contributed by atoms with Crippen LogP contribution in [0.1, 0.15) is 18.9 Å². The van der Waals surface area contributed by atoms with Gasteiger partial charge >= 0.3 is 6.09 Å². The molecule has 0 spiro atoms. The van der Waals surface area contributed by atoms with Gasteiger partial charge in [-0.25, -0.2) is 4.79 Å². The summed E-state index contributed by atoms with van der Waals surface area (Å²) in [5.74, 6) is -0.509. The molecule has 4 rings (SSSR count). The zero-order valence-electron chi connectivity index (χ0n) is 25.0. The van der Waals surface area contributed by atoms with Gasteiger partial charge in [0, 0.05) is 19.5 Å². The van der Waals surface area contributed by atoms with Crippen molar-refractivity contribution in [2.75, 3.05) is 13.2 Å². The Balaban J connectivity index is 1.45. The van der Waals surface area contributed by atoms with E-state index in [0.717, 1.165) is 5.56 Å². The average molecular weight is 661 g/mol. The lowest BCUT2D eigenvalue weighted by Crippen LogP contribution is -2.69. The monoisotopic (exact) mass is 660 g/mol. The second kappa shape index (κ2) is 16.0. The van der Waals surface area contributed by atoms with Crippen molar-refractivity contribution in [1.29, 1.82) is 0 Å². The molecular formula is C28H44N4O14. The molecule has 3 fully saturated rings. The molecule has 18 nitrogen and oxygen atoms in total. The standard InChI is InChI=1S/C28H44N4O14/c1-11(34)32-14-7-13(29)24(45-26-20(37)17(30)18(35)16(9-33)44-26)23(40)25(14)46-27-22(39)21(38)19(36)15(43-27)8-31-28(41)42-10-12-5-3-2-4-6-12/h2-6,13-27,33,35-40H,7-10,29-30H2,1H3,(H,31,41)(H,32,34)/t13-,14?,15?,16?,17+,18-,19+,20?,21?,22-,23?,24+,25+,26-,27+/m1/s1. The van der Waals surface area contributed by atoms with E-state index in [1.54, 1.807) is 30.3 Å². The number of nitrogens with two attached hydrogens (primary N) is 2. The molecule has 15 atom stereocenters. The minimum atomic E-state index is -1.84. The van der Waals surface area contributed by atoms with Crippen LogP contribution in [0.3, 0.4) is 0 Å². The molecule has 1 aliphatic carbocycles. The molecule has 260 valence electrons. The van der Waals surface area contributed by atoms with Crippen molar-refractivity contribution < 1.29 is 69.0 Å². The number of aliphatic hydroxyl groups excluding tert-OH is 7. The van der Waals surface area contributed by atoms with Gasteiger partial charge in [-0.1, -0.05) is 30.3 Å². The molecule has 2 heterocycles. The van der Waals surface area contributed by atoms with E-state index in [9.17, 15) is 45.3 Å². The molecule has 2 saturated heterocycles. The molecule has 13 N–H and O–H groups in total. The number of alkyl carbamates (subject to hydrolysis) is 1. The first kappa shape index (κ1) is 36.3. The van der Waals surface area contributed by atoms with Crippen molar-refractivity contribution in [3.05, 3.63) is 35.9 Å². The lowest BCUT2D eigenvalue weighted by molar-refractivity contribution is -0.333. The maximum absolute atomic E-state index is 12.3. The zero-order valence-corrected chi connectivity index (χ0v) is 25.0. The van der Waals surface area contributed by atoms with Crippen molar-refractivity contribution in [2.24, 2.45) is 11.5 Å². The number of carbonyl (C=O) groups excluding carboxylic acids is 2. The SMILES string of the molecule is CC(=O)NC1C[C@@H](N)[C@H](O[C@H]2OC(CO)[C@@H](O)[C@H](N)C2O)C(O)[C@H]1O[C@@H]1OC(CNC(=O)OCc2ccccc2)[C@H](O)C(O)[C@H]1O. The van der Waals surface area contributed by atoms with E-state index in [-0.39, 0.29) is 19.6 Å². The lowest BCUT2D eigenvalue weighted by Gasteiger charge is -2.48. The van der Waals surface area contributed by atoms with Gasteiger partial charge in [0.25, 0.3) is 0 Å². The summed E-state index contributed by atoms with van der Waals surface area (Å²) in [4.78, 5) is 24.3. The Morgan fingerprint density at radius 1 is 0.848 bits per heavy atom. The van der Waals surface area contributed by atoms with Gasteiger partial charge in [-0.3, -0.25) is 4.79 Å². The molecule has 6 unspecified atom stereocenters. The third-order valence-corrected chi connectivity index (χ3v) is 8.26. The minimum Gasteiger partial charge on any atom is -0.445 e. The number of aliphatic hydroxyl groups is 7. The number of benzene rings is 1. The van der Waals surface area contributed by atoms with Crippen LogP contribution in [0.4, 0.5) is 4.79 Å². The van der Waals surface area contributed by atoms with Crippen LogP contribution in [0.15, 0.2) is 30.3 Å². The van der Waals surface area contributed by atoms with Crippen molar-refractivity contribution in [1.82, 2.24) is 10.6 Å². The number of nitrogens with one attached hydrogen (secondary N) is 2. The Morgan fingerprint density at radius 3 is 2.13 bits per heavy atom. The third kappa shape index (κ3) is 8.47. The third-order valence-electron chi connectivity index (χ3n) is 8.26. The van der Waals surface area contributed by atoms with Crippen LogP contribution in [0, 0.1) is 0 Å². The van der Waals surface area contributed by atoms with Gasteiger partial charge in [0.2, 0.25) is 5.91 Å². The highest BCUT2D eigenvalue weighted by atomic mass is 16.7. The quantitative estimate of drug-likeness (QED) is 0.112. The Labute approximate surface area is 264 Å². The summed E-state index contributed by atoms with van der Waals surface area (Å²) in [6, 6.07) is 5.64. The number of hydrogen-bond acceptors (Lipinski definition) is 16. The van der Waals surface area contributed by atoms with Crippen molar-refractivity contribution in [3.8, 4) is 0 Å². The van der Waals surface area contributed by atoms with E-state index < -0.39 is 110 Å². The Morgan fingerprint density at radius 2 is 1.48 bits per heavy atom. The summed E-state index contributed by atoms with van der Waals surface area (Å²) in [7, 11) is 0. The maximum Gasteiger partial charge on any atom is 0.407 e. The van der Waals surface area contributed by atoms with Gasteiger partial charge in [-0.15, -0.1) is 0 Å². The Kier molecular flexibility index (Phi) is 12.6. The number of carbonyl (C=O) groups is 2. The highest BCUT2D eigenvalue weighted by Gasteiger charge is 2.52. The predicted molar refractivity (Wildman–Crippen MR) is 153 cm³/mol. The fourth-order valence-corrected chi connectivity index (χ4v) is 5.69. The molecule has 1 saturated carbocycles. The number of rotatable bonds is 10. The van der Waals surface area contributed by atoms with E-state index in [1.807, 2.05) is 0 Å². The van der Waals surface area contributed by atoms with Crippen LogP contribution in [0.25, 0.3) is 0 Å². The molecule has 1 aromatic carbocycles. The summed E-state index contributed by atoms with van der Waals surface area (Å²) in [6.07, 6.45) is -19.4. The number of ether oxygens (including phenoxy) is 5. The molecule has 2 aliphatic heterocycles. The maximum atomic E-state index is 12.3. The molecule has 0 radical (unpaired) electrons. The second-order valence-electron chi connectivity index (χ2n) is 11.6. The van der Waals surface area contributed by atoms with E-state index >= 15 is 0 Å². The van der Waals surface area contributed by atoms with Gasteiger partial charge in [-0.2, -0.15) is 0 Å². The van der Waals surface area contributed by atoms with Gasteiger partial charge in [0.15, 0.2) is 12.6 Å². The molecular weight excluding hydrogens is 616 g/mol. The average Bonchev–Trinajstić information content (AvgIpc) is 3.03. The van der Waals surface area contributed by atoms with Crippen molar-refractivity contribution >= 4 is 12.0 Å². The summed E-state index contributed by atoms with van der Waals surface area (Å²) in [5, 5.41) is 78.5. The highest BCUT2D eigenvalue weighted by Crippen LogP contribution is 2.32. The van der Waals surface area contributed by atoms with Gasteiger partial charge < -0.3 is 81.5 Å². The van der Waals surface area contributed by atoms with E-state index in [0.29, 0.717) is 0 Å². The number of hydrogen-bond donors (Lipinski definition) is 11. The highest BCUT2D eigenvalue weighted by molar-refractivity contribution is 5.73. The Hall–Kier alpha value is -2.56. The van der Waals surface area contributed by atoms with Gasteiger partial charge in [0.05, 0.1) is 18.7 Å². The van der Waals surface area contributed by atoms with Crippen molar-refractivity contribution in [3.63, 3.8) is 0 Å². The van der Waals surface area contributed by atoms with Crippen LogP contribution >= 0.6 is 0 Å². The largest absolute Gasteiger partial charge is 0.445 e. The predicted octanol–water partition coefficient (Wildman–Crippen LogP) is -5.15. The molecule has 0 aromatic heterocycles. The Bertz CT molecular complexity index is 1140. The smallest absolute Gasteiger partial charge is 0.407 e. The molecule has 0 bridgehead atoms. The van der Waals surface area contributed by atoms with E-state index in [1.165, 1.54) is 6.92 Å². The van der Waals surface area contributed by atoms with E-state index in [4.69, 9.17) is 35.2 Å². The van der Waals surface area contributed by atoms with Gasteiger partial charge in [-0.05, 0) is 12.0 Å². The van der Waals surface area contributed by atoms with Gasteiger partial charge in [0.1, 0.15) is 67.6 Å². The summed E-state index contributed by atoms with van der Waals surface area (Å²) < 4.78 is 28.0. The molecule has 2 amide bonds. The van der Waals surface area contributed by atoms with Crippen LogP contribution in [-0.4, -0.2) is 153 Å². The van der Waals surface area contributed by atoms with Crippen LogP contribution < -0.4 is 22.1 Å². The molecule has 18 heteroatoms. The topological polar surface area (TPSA) is 298 Å². The van der Waals surface area contributed by atoms with Crippen LogP contribution in [-0.2, 0) is 35.1 Å². The summed E-state index contributed by atoms with van der Waals surface area (Å²) in [5.41, 5.74) is 12.9.